The number of benzene rings is 2. The summed E-state index contributed by atoms with van der Waals surface area (Å²) in [4.78, 5) is 16.5. The number of hydrogen-bond acceptors (Lipinski definition) is 7. The van der Waals surface area contributed by atoms with Gasteiger partial charge in [0.05, 0.1) is 30.4 Å². The van der Waals surface area contributed by atoms with E-state index in [-0.39, 0.29) is 17.9 Å². The molecule has 8 nitrogen and oxygen atoms in total. The summed E-state index contributed by atoms with van der Waals surface area (Å²) in [5.74, 6) is -0.0424. The first kappa shape index (κ1) is 26.6. The molecule has 1 fully saturated rings. The zero-order chi connectivity index (χ0) is 25.5. The van der Waals surface area contributed by atoms with E-state index in [0.29, 0.717) is 49.1 Å². The minimum atomic E-state index is -0.855. The van der Waals surface area contributed by atoms with Crippen LogP contribution in [0.3, 0.4) is 0 Å². The summed E-state index contributed by atoms with van der Waals surface area (Å²) in [6, 6.07) is 13.9. The number of likely N-dealkylation sites (tertiary alicyclic amines) is 1. The number of piperidine rings is 1. The van der Waals surface area contributed by atoms with Gasteiger partial charge in [-0.15, -0.1) is 0 Å². The molecular formula is C27H34ClN3O5. The number of phenolic OH excluding ortho intramolecular Hbond substituents is 1. The second-order valence-corrected chi connectivity index (χ2v) is 9.93. The fraction of sp³-hybridized carbons (Fsp3) is 0.444. The van der Waals surface area contributed by atoms with Crippen LogP contribution in [-0.4, -0.2) is 76.7 Å². The number of phenols is 1. The quantitative estimate of drug-likeness (QED) is 0.249. The van der Waals surface area contributed by atoms with Crippen molar-refractivity contribution in [2.24, 2.45) is 0 Å². The molecule has 4 rings (SSSR count). The van der Waals surface area contributed by atoms with Crippen molar-refractivity contribution in [1.29, 1.82) is 0 Å². The fourth-order valence-corrected chi connectivity index (χ4v) is 4.86. The van der Waals surface area contributed by atoms with Crippen molar-refractivity contribution in [2.75, 3.05) is 45.9 Å². The summed E-state index contributed by atoms with van der Waals surface area (Å²) in [6.45, 7) is 4.31. The Morgan fingerprint density at radius 2 is 1.94 bits per heavy atom. The summed E-state index contributed by atoms with van der Waals surface area (Å²) in [7, 11) is 0. The molecule has 1 aliphatic heterocycles. The second kappa shape index (κ2) is 12.2. The molecule has 5 N–H and O–H groups in total. The number of fused-ring (bicyclic) bond motifs is 1. The molecule has 0 aliphatic carbocycles. The van der Waals surface area contributed by atoms with Crippen molar-refractivity contribution in [1.82, 2.24) is 15.2 Å². The van der Waals surface area contributed by atoms with Gasteiger partial charge in [0, 0.05) is 49.2 Å². The molecule has 2 heterocycles. The first-order valence-electron chi connectivity index (χ1n) is 12.3. The van der Waals surface area contributed by atoms with Crippen LogP contribution in [0.2, 0.25) is 5.02 Å². The molecule has 0 radical (unpaired) electrons. The topological polar surface area (TPSA) is 118 Å². The number of aromatic amines is 1. The lowest BCUT2D eigenvalue weighted by atomic mass is 9.91. The van der Waals surface area contributed by atoms with Gasteiger partial charge >= 0.3 is 0 Å². The number of aromatic hydroxyl groups is 1. The van der Waals surface area contributed by atoms with Gasteiger partial charge in [-0.3, -0.25) is 4.79 Å². The molecular weight excluding hydrogens is 482 g/mol. The second-order valence-electron chi connectivity index (χ2n) is 9.49. The molecule has 1 saturated heterocycles. The van der Waals surface area contributed by atoms with Crippen molar-refractivity contribution < 1.29 is 20.1 Å². The molecule has 9 heteroatoms. The zero-order valence-corrected chi connectivity index (χ0v) is 21.0. The van der Waals surface area contributed by atoms with E-state index in [1.165, 1.54) is 12.1 Å². The first-order valence-corrected chi connectivity index (χ1v) is 12.7. The largest absolute Gasteiger partial charge is 0.506 e. The molecule has 1 aliphatic rings. The van der Waals surface area contributed by atoms with Crippen molar-refractivity contribution in [2.45, 2.75) is 31.0 Å². The van der Waals surface area contributed by atoms with E-state index in [4.69, 9.17) is 16.3 Å². The Kier molecular flexibility index (Phi) is 9.00. The van der Waals surface area contributed by atoms with Crippen molar-refractivity contribution >= 4 is 22.5 Å². The number of nitrogens with one attached hydrogen (secondary N) is 2. The van der Waals surface area contributed by atoms with Gasteiger partial charge in [0.25, 0.3) is 0 Å². The van der Waals surface area contributed by atoms with Gasteiger partial charge in [-0.1, -0.05) is 29.8 Å². The Morgan fingerprint density at radius 3 is 2.72 bits per heavy atom. The number of halogens is 1. The van der Waals surface area contributed by atoms with E-state index in [0.717, 1.165) is 36.6 Å². The highest BCUT2D eigenvalue weighted by Crippen LogP contribution is 2.29. The first-order chi connectivity index (χ1) is 17.3. The SMILES string of the molecule is O=c1ccc2c([C@@H](O)CNCC3(O)CCN(CCOCCc4cccc(Cl)c4)CC3)ccc(O)c2[nH]1. The van der Waals surface area contributed by atoms with Gasteiger partial charge in [0.1, 0.15) is 5.75 Å². The highest BCUT2D eigenvalue weighted by Gasteiger charge is 2.32. The van der Waals surface area contributed by atoms with Gasteiger partial charge in [-0.2, -0.15) is 0 Å². The summed E-state index contributed by atoms with van der Waals surface area (Å²) >= 11 is 6.01. The Labute approximate surface area is 215 Å². The lowest BCUT2D eigenvalue weighted by molar-refractivity contribution is -0.0266. The van der Waals surface area contributed by atoms with E-state index in [1.54, 1.807) is 12.1 Å². The maximum absolute atomic E-state index is 11.6. The molecule has 0 bridgehead atoms. The molecule has 0 spiro atoms. The van der Waals surface area contributed by atoms with Crippen LogP contribution in [0, 0.1) is 0 Å². The van der Waals surface area contributed by atoms with Crippen LogP contribution in [0.4, 0.5) is 0 Å². The van der Waals surface area contributed by atoms with E-state index < -0.39 is 11.7 Å². The average Bonchev–Trinajstić information content (AvgIpc) is 2.85. The summed E-state index contributed by atoms with van der Waals surface area (Å²) in [5, 5.41) is 36.2. The smallest absolute Gasteiger partial charge is 0.248 e. The lowest BCUT2D eigenvalue weighted by Gasteiger charge is -2.38. The minimum Gasteiger partial charge on any atom is -0.506 e. The van der Waals surface area contributed by atoms with E-state index >= 15 is 0 Å². The van der Waals surface area contributed by atoms with Crippen LogP contribution in [0.1, 0.15) is 30.1 Å². The Bertz CT molecular complexity index is 1210. The van der Waals surface area contributed by atoms with Crippen LogP contribution in [0.15, 0.2) is 53.3 Å². The molecule has 3 aromatic rings. The monoisotopic (exact) mass is 515 g/mol. The number of ether oxygens (including phenoxy) is 1. The van der Waals surface area contributed by atoms with Gasteiger partial charge in [-0.25, -0.2) is 0 Å². The van der Waals surface area contributed by atoms with Crippen LogP contribution >= 0.6 is 11.6 Å². The maximum atomic E-state index is 11.6. The predicted molar refractivity (Wildman–Crippen MR) is 141 cm³/mol. The van der Waals surface area contributed by atoms with Gasteiger partial charge in [0.2, 0.25) is 5.56 Å². The Morgan fingerprint density at radius 1 is 1.14 bits per heavy atom. The molecule has 194 valence electrons. The van der Waals surface area contributed by atoms with Gasteiger partial charge < -0.3 is 35.3 Å². The average molecular weight is 516 g/mol. The molecule has 36 heavy (non-hydrogen) atoms. The van der Waals surface area contributed by atoms with Crippen molar-refractivity contribution in [3.8, 4) is 5.75 Å². The summed E-state index contributed by atoms with van der Waals surface area (Å²) in [5.41, 5.74) is 0.922. The molecule has 1 atom stereocenters. The fourth-order valence-electron chi connectivity index (χ4n) is 4.65. The van der Waals surface area contributed by atoms with Crippen LogP contribution in [0.25, 0.3) is 10.9 Å². The molecule has 0 amide bonds. The van der Waals surface area contributed by atoms with Crippen molar-refractivity contribution in [3.05, 3.63) is 75.0 Å². The number of pyridine rings is 1. The molecule has 0 unspecified atom stereocenters. The predicted octanol–water partition coefficient (Wildman–Crippen LogP) is 2.60. The number of hydrogen-bond donors (Lipinski definition) is 5. The molecule has 0 saturated carbocycles. The third-order valence-electron chi connectivity index (χ3n) is 6.82. The van der Waals surface area contributed by atoms with E-state index in [2.05, 4.69) is 15.2 Å². The minimum absolute atomic E-state index is 0.0424. The van der Waals surface area contributed by atoms with E-state index in [9.17, 15) is 20.1 Å². The number of aromatic nitrogens is 1. The standard InChI is InChI=1S/C27H34ClN3O5/c28-20-3-1-2-19(16-20)8-14-36-15-13-31-11-9-27(35,10-12-31)18-29-17-24(33)21-4-6-23(32)26-22(21)5-7-25(34)30-26/h1-7,16,24,29,32-33,35H,8-15,17-18H2,(H,30,34)/t24-/m0/s1. The summed E-state index contributed by atoms with van der Waals surface area (Å²) < 4.78 is 5.79. The van der Waals surface area contributed by atoms with Crippen LogP contribution in [0.5, 0.6) is 5.75 Å². The van der Waals surface area contributed by atoms with Crippen LogP contribution < -0.4 is 10.9 Å². The third kappa shape index (κ3) is 7.06. The third-order valence-corrected chi connectivity index (χ3v) is 7.06. The number of aliphatic hydroxyl groups is 2. The molecule has 1 aromatic heterocycles. The van der Waals surface area contributed by atoms with Gasteiger partial charge in [-0.05, 0) is 54.7 Å². The Balaban J connectivity index is 1.16. The van der Waals surface area contributed by atoms with Gasteiger partial charge in [0.15, 0.2) is 0 Å². The number of nitrogens with zero attached hydrogens (tertiary/aromatic N) is 1. The highest BCUT2D eigenvalue weighted by molar-refractivity contribution is 6.30. The van der Waals surface area contributed by atoms with Crippen LogP contribution in [-0.2, 0) is 11.2 Å². The number of rotatable bonds is 11. The Hall–Kier alpha value is -2.46. The van der Waals surface area contributed by atoms with E-state index in [1.807, 2.05) is 24.3 Å². The summed E-state index contributed by atoms with van der Waals surface area (Å²) in [6.07, 6.45) is 1.26. The van der Waals surface area contributed by atoms with Crippen molar-refractivity contribution in [3.63, 3.8) is 0 Å². The highest BCUT2D eigenvalue weighted by atomic mass is 35.5. The maximum Gasteiger partial charge on any atom is 0.248 e. The number of aliphatic hydroxyl groups excluding tert-OH is 1. The zero-order valence-electron chi connectivity index (χ0n) is 20.3. The number of H-pyrrole nitrogens is 1. The normalized spacial score (nSPS) is 16.9. The molecule has 2 aromatic carbocycles. The lowest BCUT2D eigenvalue weighted by Crippen LogP contribution is -2.50.